The van der Waals surface area contributed by atoms with Gasteiger partial charge in [0.25, 0.3) is 5.91 Å². The van der Waals surface area contributed by atoms with E-state index in [-0.39, 0.29) is 5.91 Å². The molecule has 0 atom stereocenters. The highest BCUT2D eigenvalue weighted by Gasteiger charge is 2.23. The number of halogens is 1. The van der Waals surface area contributed by atoms with E-state index in [1.54, 1.807) is 17.5 Å². The maximum absolute atomic E-state index is 12.4. The lowest BCUT2D eigenvalue weighted by Gasteiger charge is -2.34. The number of rotatable bonds is 3. The molecule has 1 aliphatic rings. The van der Waals surface area contributed by atoms with E-state index >= 15 is 0 Å². The minimum absolute atomic E-state index is 0.148. The highest BCUT2D eigenvalue weighted by atomic mass is 35.5. The molecule has 0 unspecified atom stereocenters. The van der Waals surface area contributed by atoms with Gasteiger partial charge in [0.1, 0.15) is 0 Å². The van der Waals surface area contributed by atoms with Crippen molar-refractivity contribution in [3.63, 3.8) is 0 Å². The fourth-order valence-electron chi connectivity index (χ4n) is 2.42. The van der Waals surface area contributed by atoms with E-state index in [9.17, 15) is 4.79 Å². The Kier molecular flexibility index (Phi) is 4.28. The molecule has 112 valence electrons. The van der Waals surface area contributed by atoms with Crippen molar-refractivity contribution in [2.24, 2.45) is 0 Å². The molecule has 1 amide bonds. The Bertz CT molecular complexity index is 630. The second kappa shape index (κ2) is 6.17. The number of carbonyl (C=O) groups is 1. The standard InChI is InChI=1S/C14H17ClN4OS/c1-11-2-3-13(21-11)14(20)18-6-4-17(5-7-18)10-19-9-12(15)8-16-19/h2-3,8-9H,4-7,10H2,1H3. The van der Waals surface area contributed by atoms with E-state index in [0.717, 1.165) is 31.1 Å². The molecule has 0 bridgehead atoms. The number of hydrogen-bond donors (Lipinski definition) is 0. The first-order valence-corrected chi connectivity index (χ1v) is 8.07. The zero-order valence-electron chi connectivity index (χ0n) is 11.8. The Morgan fingerprint density at radius 1 is 1.33 bits per heavy atom. The van der Waals surface area contributed by atoms with Crippen molar-refractivity contribution in [1.29, 1.82) is 0 Å². The first-order chi connectivity index (χ1) is 10.1. The number of carbonyl (C=O) groups excluding carboxylic acids is 1. The monoisotopic (exact) mass is 324 g/mol. The first kappa shape index (κ1) is 14.6. The van der Waals surface area contributed by atoms with Crippen molar-refractivity contribution < 1.29 is 4.79 Å². The van der Waals surface area contributed by atoms with Crippen molar-refractivity contribution >= 4 is 28.8 Å². The molecular weight excluding hydrogens is 308 g/mol. The molecule has 0 aromatic carbocycles. The third kappa shape index (κ3) is 3.45. The molecule has 1 fully saturated rings. The van der Waals surface area contributed by atoms with Gasteiger partial charge in [-0.1, -0.05) is 11.6 Å². The fraction of sp³-hybridized carbons (Fsp3) is 0.429. The van der Waals surface area contributed by atoms with Crippen LogP contribution >= 0.6 is 22.9 Å². The third-order valence-electron chi connectivity index (χ3n) is 3.56. The maximum Gasteiger partial charge on any atom is 0.264 e. The molecule has 3 heterocycles. The van der Waals surface area contributed by atoms with Crippen LogP contribution in [-0.4, -0.2) is 51.7 Å². The summed E-state index contributed by atoms with van der Waals surface area (Å²) in [6.07, 6.45) is 3.45. The summed E-state index contributed by atoms with van der Waals surface area (Å²) in [6.45, 7) is 5.96. The molecular formula is C14H17ClN4OS. The van der Waals surface area contributed by atoms with Gasteiger partial charge in [-0.25, -0.2) is 0 Å². The molecule has 1 saturated heterocycles. The van der Waals surface area contributed by atoms with E-state index in [1.807, 2.05) is 34.8 Å². The van der Waals surface area contributed by atoms with Crippen molar-refractivity contribution in [1.82, 2.24) is 19.6 Å². The third-order valence-corrected chi connectivity index (χ3v) is 4.74. The normalized spacial score (nSPS) is 16.4. The fourth-order valence-corrected chi connectivity index (χ4v) is 3.41. The summed E-state index contributed by atoms with van der Waals surface area (Å²) >= 11 is 7.42. The van der Waals surface area contributed by atoms with E-state index in [0.29, 0.717) is 11.7 Å². The van der Waals surface area contributed by atoms with E-state index in [2.05, 4.69) is 10.00 Å². The molecule has 0 radical (unpaired) electrons. The summed E-state index contributed by atoms with van der Waals surface area (Å²) in [4.78, 5) is 18.6. The average molecular weight is 325 g/mol. The number of piperazine rings is 1. The van der Waals surface area contributed by atoms with Crippen LogP contribution in [0.25, 0.3) is 0 Å². The Labute approximate surface area is 132 Å². The molecule has 2 aromatic heterocycles. The molecule has 3 rings (SSSR count). The van der Waals surface area contributed by atoms with Crippen LogP contribution in [-0.2, 0) is 6.67 Å². The minimum atomic E-state index is 0.148. The number of hydrogen-bond acceptors (Lipinski definition) is 4. The van der Waals surface area contributed by atoms with Crippen molar-refractivity contribution in [2.75, 3.05) is 26.2 Å². The smallest absolute Gasteiger partial charge is 0.264 e. The Morgan fingerprint density at radius 2 is 2.10 bits per heavy atom. The van der Waals surface area contributed by atoms with Gasteiger partial charge < -0.3 is 4.90 Å². The molecule has 21 heavy (non-hydrogen) atoms. The lowest BCUT2D eigenvalue weighted by Crippen LogP contribution is -2.48. The summed E-state index contributed by atoms with van der Waals surface area (Å²) in [7, 11) is 0. The number of amides is 1. The zero-order valence-corrected chi connectivity index (χ0v) is 13.4. The van der Waals surface area contributed by atoms with Crippen molar-refractivity contribution in [3.8, 4) is 0 Å². The summed E-state index contributed by atoms with van der Waals surface area (Å²) in [6, 6.07) is 3.91. The highest BCUT2D eigenvalue weighted by molar-refractivity contribution is 7.13. The Balaban J connectivity index is 1.54. The van der Waals surface area contributed by atoms with Crippen molar-refractivity contribution in [3.05, 3.63) is 39.3 Å². The number of aryl methyl sites for hydroxylation is 1. The van der Waals surface area contributed by atoms with Crippen LogP contribution in [0, 0.1) is 6.92 Å². The van der Waals surface area contributed by atoms with Gasteiger partial charge in [0, 0.05) is 37.3 Å². The molecule has 1 aliphatic heterocycles. The SMILES string of the molecule is Cc1ccc(C(=O)N2CCN(Cn3cc(Cl)cn3)CC2)s1. The number of aromatic nitrogens is 2. The quantitative estimate of drug-likeness (QED) is 0.870. The molecule has 0 spiro atoms. The Morgan fingerprint density at radius 3 is 2.67 bits per heavy atom. The number of thiophene rings is 1. The average Bonchev–Trinajstić information content (AvgIpc) is 3.08. The molecule has 5 nitrogen and oxygen atoms in total. The highest BCUT2D eigenvalue weighted by Crippen LogP contribution is 2.18. The molecule has 7 heteroatoms. The summed E-state index contributed by atoms with van der Waals surface area (Å²) < 4.78 is 1.82. The second-order valence-electron chi connectivity index (χ2n) is 5.16. The summed E-state index contributed by atoms with van der Waals surface area (Å²) in [5.74, 6) is 0.148. The van der Waals surface area contributed by atoms with Crippen LogP contribution in [0.4, 0.5) is 0 Å². The lowest BCUT2D eigenvalue weighted by molar-refractivity contribution is 0.0591. The predicted molar refractivity (Wildman–Crippen MR) is 83.8 cm³/mol. The molecule has 0 saturated carbocycles. The van der Waals surface area contributed by atoms with Gasteiger partial charge in [0.2, 0.25) is 0 Å². The first-order valence-electron chi connectivity index (χ1n) is 6.88. The van der Waals surface area contributed by atoms with Gasteiger partial charge in [0.05, 0.1) is 22.8 Å². The Hall–Kier alpha value is -1.37. The topological polar surface area (TPSA) is 41.4 Å². The van der Waals surface area contributed by atoms with Crippen LogP contribution < -0.4 is 0 Å². The maximum atomic E-state index is 12.4. The van der Waals surface area contributed by atoms with Crippen LogP contribution in [0.15, 0.2) is 24.5 Å². The van der Waals surface area contributed by atoms with E-state index < -0.39 is 0 Å². The summed E-state index contributed by atoms with van der Waals surface area (Å²) in [5, 5.41) is 4.83. The van der Waals surface area contributed by atoms with Gasteiger partial charge in [0.15, 0.2) is 0 Å². The predicted octanol–water partition coefficient (Wildman–Crippen LogP) is 2.32. The molecule has 2 aromatic rings. The number of nitrogens with zero attached hydrogens (tertiary/aromatic N) is 4. The van der Waals surface area contributed by atoms with Gasteiger partial charge >= 0.3 is 0 Å². The van der Waals surface area contributed by atoms with Crippen LogP contribution in [0.1, 0.15) is 14.5 Å². The van der Waals surface area contributed by atoms with Gasteiger partial charge in [-0.3, -0.25) is 14.4 Å². The van der Waals surface area contributed by atoms with Crippen LogP contribution in [0.2, 0.25) is 5.02 Å². The van der Waals surface area contributed by atoms with Gasteiger partial charge in [-0.15, -0.1) is 11.3 Å². The van der Waals surface area contributed by atoms with E-state index in [4.69, 9.17) is 11.6 Å². The van der Waals surface area contributed by atoms with Gasteiger partial charge in [-0.2, -0.15) is 5.10 Å². The van der Waals surface area contributed by atoms with Gasteiger partial charge in [-0.05, 0) is 19.1 Å². The lowest BCUT2D eigenvalue weighted by atomic mass is 10.3. The zero-order chi connectivity index (χ0) is 14.8. The minimum Gasteiger partial charge on any atom is -0.335 e. The van der Waals surface area contributed by atoms with Crippen LogP contribution in [0.5, 0.6) is 0 Å². The van der Waals surface area contributed by atoms with Crippen molar-refractivity contribution in [2.45, 2.75) is 13.6 Å². The largest absolute Gasteiger partial charge is 0.335 e. The molecule has 0 N–H and O–H groups in total. The molecule has 0 aliphatic carbocycles. The second-order valence-corrected chi connectivity index (χ2v) is 6.88. The van der Waals surface area contributed by atoms with Crippen LogP contribution in [0.3, 0.4) is 0 Å². The summed E-state index contributed by atoms with van der Waals surface area (Å²) in [5.41, 5.74) is 0. The van der Waals surface area contributed by atoms with E-state index in [1.165, 1.54) is 4.88 Å².